The molecule has 0 aromatic heterocycles. The zero-order valence-corrected chi connectivity index (χ0v) is 11.0. The van der Waals surface area contributed by atoms with Crippen molar-refractivity contribution in [3.05, 3.63) is 29.8 Å². The topological polar surface area (TPSA) is 90.6 Å². The lowest BCUT2D eigenvalue weighted by Gasteiger charge is -2.31. The molecular weight excluding hydrogens is 268 g/mol. The van der Waals surface area contributed by atoms with Crippen LogP contribution in [0.3, 0.4) is 0 Å². The van der Waals surface area contributed by atoms with E-state index in [0.29, 0.717) is 5.56 Å². The zero-order valence-electron chi connectivity index (χ0n) is 10.2. The smallest absolute Gasteiger partial charge is 0.243 e. The highest BCUT2D eigenvalue weighted by Gasteiger charge is 2.30. The molecule has 0 saturated carbocycles. The number of aliphatic hydroxyl groups is 1. The number of rotatable bonds is 3. The first-order valence-electron chi connectivity index (χ1n) is 5.80. The van der Waals surface area contributed by atoms with Crippen LogP contribution >= 0.6 is 0 Å². The molecule has 19 heavy (non-hydrogen) atoms. The van der Waals surface area contributed by atoms with Crippen LogP contribution in [0.1, 0.15) is 5.56 Å². The summed E-state index contributed by atoms with van der Waals surface area (Å²) in [6.07, 6.45) is -0.498. The van der Waals surface area contributed by atoms with Crippen molar-refractivity contribution in [2.24, 2.45) is 0 Å². The Balaban J connectivity index is 2.29. The molecule has 102 valence electrons. The molecule has 1 unspecified atom stereocenters. The molecule has 2 rings (SSSR count). The predicted octanol–water partition coefficient (Wildman–Crippen LogP) is -0.0599. The maximum absolute atomic E-state index is 12.4. The van der Waals surface area contributed by atoms with Gasteiger partial charge in [-0.25, -0.2) is 8.42 Å². The van der Waals surface area contributed by atoms with E-state index in [-0.39, 0.29) is 31.2 Å². The fourth-order valence-electron chi connectivity index (χ4n) is 1.90. The molecule has 0 amide bonds. The Morgan fingerprint density at radius 3 is 3.00 bits per heavy atom. The maximum Gasteiger partial charge on any atom is 0.243 e. The molecule has 0 spiro atoms. The van der Waals surface area contributed by atoms with Gasteiger partial charge in [-0.15, -0.1) is 0 Å². The molecule has 1 N–H and O–H groups in total. The molecule has 0 radical (unpaired) electrons. The second-order valence-corrected chi connectivity index (χ2v) is 6.12. The van der Waals surface area contributed by atoms with Crippen LogP contribution in [0.15, 0.2) is 29.2 Å². The molecule has 1 aliphatic rings. The van der Waals surface area contributed by atoms with Crippen molar-refractivity contribution >= 4 is 10.0 Å². The average Bonchev–Trinajstić information content (AvgIpc) is 2.47. The van der Waals surface area contributed by atoms with Crippen molar-refractivity contribution in [2.45, 2.75) is 11.0 Å². The van der Waals surface area contributed by atoms with Gasteiger partial charge in [0.2, 0.25) is 10.0 Å². The standard InChI is InChI=1S/C12H14N2O4S/c13-7-10-2-1-3-12(6-10)19(16,17)14-4-5-18-11(8-14)9-15/h1-3,6,11,15H,4-5,8-9H2. The van der Waals surface area contributed by atoms with E-state index in [1.165, 1.54) is 22.5 Å². The minimum atomic E-state index is -3.65. The van der Waals surface area contributed by atoms with Crippen LogP contribution < -0.4 is 0 Å². The van der Waals surface area contributed by atoms with Crippen molar-refractivity contribution in [1.82, 2.24) is 4.31 Å². The van der Waals surface area contributed by atoms with Gasteiger partial charge in [-0.3, -0.25) is 0 Å². The third-order valence-electron chi connectivity index (χ3n) is 2.91. The third-order valence-corrected chi connectivity index (χ3v) is 4.77. The van der Waals surface area contributed by atoms with E-state index in [1.807, 2.05) is 6.07 Å². The minimum absolute atomic E-state index is 0.0881. The van der Waals surface area contributed by atoms with Crippen LogP contribution in [0.25, 0.3) is 0 Å². The van der Waals surface area contributed by atoms with Gasteiger partial charge >= 0.3 is 0 Å². The van der Waals surface area contributed by atoms with Crippen molar-refractivity contribution in [1.29, 1.82) is 5.26 Å². The minimum Gasteiger partial charge on any atom is -0.394 e. The fourth-order valence-corrected chi connectivity index (χ4v) is 3.40. The van der Waals surface area contributed by atoms with Crippen LogP contribution in [0.5, 0.6) is 0 Å². The monoisotopic (exact) mass is 282 g/mol. The van der Waals surface area contributed by atoms with Gasteiger partial charge in [-0.1, -0.05) is 6.07 Å². The molecule has 1 aromatic rings. The first-order chi connectivity index (χ1) is 9.07. The summed E-state index contributed by atoms with van der Waals surface area (Å²) in [6, 6.07) is 7.81. The molecule has 1 fully saturated rings. The molecule has 0 aliphatic carbocycles. The Morgan fingerprint density at radius 1 is 1.53 bits per heavy atom. The van der Waals surface area contributed by atoms with Gasteiger partial charge in [0.25, 0.3) is 0 Å². The normalized spacial score (nSPS) is 20.9. The molecule has 0 bridgehead atoms. The average molecular weight is 282 g/mol. The van der Waals surface area contributed by atoms with Crippen molar-refractivity contribution in [3.8, 4) is 6.07 Å². The van der Waals surface area contributed by atoms with Gasteiger partial charge in [-0.05, 0) is 18.2 Å². The Morgan fingerprint density at radius 2 is 2.32 bits per heavy atom. The third kappa shape index (κ3) is 2.93. The van der Waals surface area contributed by atoms with E-state index in [2.05, 4.69) is 0 Å². The largest absolute Gasteiger partial charge is 0.394 e. The second kappa shape index (κ2) is 5.67. The highest BCUT2D eigenvalue weighted by atomic mass is 32.2. The summed E-state index contributed by atoms with van der Waals surface area (Å²) in [5.74, 6) is 0. The van der Waals surface area contributed by atoms with Gasteiger partial charge in [-0.2, -0.15) is 9.57 Å². The number of sulfonamides is 1. The number of ether oxygens (including phenoxy) is 1. The number of benzene rings is 1. The van der Waals surface area contributed by atoms with Gasteiger partial charge < -0.3 is 9.84 Å². The van der Waals surface area contributed by atoms with Gasteiger partial charge in [0.1, 0.15) is 0 Å². The Bertz CT molecular complexity index is 594. The first-order valence-corrected chi connectivity index (χ1v) is 7.24. The molecule has 1 aliphatic heterocycles. The Hall–Kier alpha value is -1.46. The number of hydrogen-bond donors (Lipinski definition) is 1. The Kier molecular flexibility index (Phi) is 4.17. The van der Waals surface area contributed by atoms with E-state index < -0.39 is 16.1 Å². The van der Waals surface area contributed by atoms with E-state index >= 15 is 0 Å². The molecule has 1 atom stereocenters. The molecular formula is C12H14N2O4S. The number of nitrogens with zero attached hydrogens (tertiary/aromatic N) is 2. The van der Waals surface area contributed by atoms with E-state index in [0.717, 1.165) is 0 Å². The fraction of sp³-hybridized carbons (Fsp3) is 0.417. The molecule has 6 nitrogen and oxygen atoms in total. The number of nitriles is 1. The number of morpholine rings is 1. The van der Waals surface area contributed by atoms with Crippen LogP contribution in [0, 0.1) is 11.3 Å². The van der Waals surface area contributed by atoms with E-state index in [9.17, 15) is 8.42 Å². The van der Waals surface area contributed by atoms with Gasteiger partial charge in [0.05, 0.1) is 35.8 Å². The lowest BCUT2D eigenvalue weighted by molar-refractivity contribution is -0.0304. The maximum atomic E-state index is 12.4. The first kappa shape index (κ1) is 14.0. The van der Waals surface area contributed by atoms with Gasteiger partial charge in [0.15, 0.2) is 0 Å². The molecule has 1 saturated heterocycles. The molecule has 1 aromatic carbocycles. The SMILES string of the molecule is N#Cc1cccc(S(=O)(=O)N2CCOC(CO)C2)c1. The second-order valence-electron chi connectivity index (χ2n) is 4.18. The van der Waals surface area contributed by atoms with Crippen LogP contribution in [0.2, 0.25) is 0 Å². The van der Waals surface area contributed by atoms with Crippen molar-refractivity contribution < 1.29 is 18.3 Å². The lowest BCUT2D eigenvalue weighted by Crippen LogP contribution is -2.46. The van der Waals surface area contributed by atoms with E-state index in [1.54, 1.807) is 6.07 Å². The summed E-state index contributed by atoms with van der Waals surface area (Å²) < 4.78 is 31.3. The van der Waals surface area contributed by atoms with Crippen LogP contribution in [-0.2, 0) is 14.8 Å². The quantitative estimate of drug-likeness (QED) is 0.838. The summed E-state index contributed by atoms with van der Waals surface area (Å²) in [5.41, 5.74) is 0.299. The summed E-state index contributed by atoms with van der Waals surface area (Å²) in [4.78, 5) is 0.0881. The van der Waals surface area contributed by atoms with Crippen molar-refractivity contribution in [3.63, 3.8) is 0 Å². The lowest BCUT2D eigenvalue weighted by atomic mass is 10.2. The number of aliphatic hydroxyl groups excluding tert-OH is 1. The van der Waals surface area contributed by atoms with Crippen molar-refractivity contribution in [2.75, 3.05) is 26.3 Å². The highest BCUT2D eigenvalue weighted by Crippen LogP contribution is 2.19. The highest BCUT2D eigenvalue weighted by molar-refractivity contribution is 7.89. The zero-order chi connectivity index (χ0) is 13.9. The number of hydrogen-bond acceptors (Lipinski definition) is 5. The van der Waals surface area contributed by atoms with Gasteiger partial charge in [0, 0.05) is 13.1 Å². The summed E-state index contributed by atoms with van der Waals surface area (Å²) in [7, 11) is -3.65. The molecule has 7 heteroatoms. The predicted molar refractivity (Wildman–Crippen MR) is 66.7 cm³/mol. The Labute approximate surface area is 111 Å². The van der Waals surface area contributed by atoms with Crippen LogP contribution in [0.4, 0.5) is 0 Å². The van der Waals surface area contributed by atoms with E-state index in [4.69, 9.17) is 15.1 Å². The summed E-state index contributed by atoms with van der Waals surface area (Å²) in [6.45, 7) is 0.401. The molecule has 1 heterocycles. The summed E-state index contributed by atoms with van der Waals surface area (Å²) >= 11 is 0. The van der Waals surface area contributed by atoms with Crippen LogP contribution in [-0.4, -0.2) is 50.2 Å². The summed E-state index contributed by atoms with van der Waals surface area (Å²) in [5, 5.41) is 17.8.